The number of aryl methyl sites for hydroxylation is 1. The fourth-order valence-electron chi connectivity index (χ4n) is 2.69. The standard InChI is InChI=1S/C16H17BrN2/c1-11-6-7-16(14(17)8-11)19-9-12-4-3-5-15(18-2)13(12)10-19/h3-8,18H,9-10H2,1-2H3. The zero-order valence-electron chi connectivity index (χ0n) is 11.2. The van der Waals surface area contributed by atoms with Crippen LogP contribution in [0.25, 0.3) is 0 Å². The predicted molar refractivity (Wildman–Crippen MR) is 84.8 cm³/mol. The van der Waals surface area contributed by atoms with Gasteiger partial charge < -0.3 is 10.2 Å². The Kier molecular flexibility index (Phi) is 3.23. The molecule has 0 unspecified atom stereocenters. The first-order valence-electron chi connectivity index (χ1n) is 6.48. The topological polar surface area (TPSA) is 15.3 Å². The van der Waals surface area contributed by atoms with Gasteiger partial charge in [0.1, 0.15) is 0 Å². The van der Waals surface area contributed by atoms with Gasteiger partial charge in [-0.1, -0.05) is 18.2 Å². The molecule has 0 saturated carbocycles. The van der Waals surface area contributed by atoms with Gasteiger partial charge >= 0.3 is 0 Å². The third-order valence-electron chi connectivity index (χ3n) is 3.70. The van der Waals surface area contributed by atoms with E-state index in [9.17, 15) is 0 Å². The monoisotopic (exact) mass is 316 g/mol. The summed E-state index contributed by atoms with van der Waals surface area (Å²) in [6.45, 7) is 4.06. The molecule has 1 aliphatic rings. The Morgan fingerprint density at radius 2 is 2.00 bits per heavy atom. The number of anilines is 2. The van der Waals surface area contributed by atoms with Crippen molar-refractivity contribution in [1.29, 1.82) is 0 Å². The third kappa shape index (κ3) is 2.23. The number of nitrogens with one attached hydrogen (secondary N) is 1. The number of hydrogen-bond acceptors (Lipinski definition) is 2. The molecule has 0 amide bonds. The summed E-state index contributed by atoms with van der Waals surface area (Å²) in [6, 6.07) is 13.0. The zero-order chi connectivity index (χ0) is 13.4. The molecule has 2 aromatic carbocycles. The molecule has 1 heterocycles. The van der Waals surface area contributed by atoms with Crippen LogP contribution in [0.4, 0.5) is 11.4 Å². The molecular formula is C16H17BrN2. The van der Waals surface area contributed by atoms with Crippen molar-refractivity contribution in [2.75, 3.05) is 17.3 Å². The normalized spacial score (nSPS) is 13.5. The maximum atomic E-state index is 3.68. The van der Waals surface area contributed by atoms with Crippen LogP contribution in [0, 0.1) is 6.92 Å². The molecule has 1 N–H and O–H groups in total. The minimum atomic E-state index is 0.966. The van der Waals surface area contributed by atoms with Gasteiger partial charge in [-0.05, 0) is 57.7 Å². The molecule has 98 valence electrons. The van der Waals surface area contributed by atoms with E-state index in [0.717, 1.165) is 13.1 Å². The molecule has 19 heavy (non-hydrogen) atoms. The van der Waals surface area contributed by atoms with E-state index in [-0.39, 0.29) is 0 Å². The summed E-state index contributed by atoms with van der Waals surface area (Å²) in [5.74, 6) is 0. The van der Waals surface area contributed by atoms with Crippen LogP contribution < -0.4 is 10.2 Å². The molecule has 0 atom stereocenters. The predicted octanol–water partition coefficient (Wildman–Crippen LogP) is 4.32. The number of hydrogen-bond donors (Lipinski definition) is 1. The highest BCUT2D eigenvalue weighted by atomic mass is 79.9. The molecule has 0 fully saturated rings. The van der Waals surface area contributed by atoms with E-state index in [1.807, 2.05) is 7.05 Å². The lowest BCUT2D eigenvalue weighted by atomic mass is 10.1. The minimum Gasteiger partial charge on any atom is -0.388 e. The highest BCUT2D eigenvalue weighted by Crippen LogP contribution is 2.36. The molecule has 0 bridgehead atoms. The van der Waals surface area contributed by atoms with E-state index in [0.29, 0.717) is 0 Å². The lowest BCUT2D eigenvalue weighted by molar-refractivity contribution is 0.877. The van der Waals surface area contributed by atoms with Crippen molar-refractivity contribution in [2.24, 2.45) is 0 Å². The molecule has 1 aliphatic heterocycles. The number of rotatable bonds is 2. The van der Waals surface area contributed by atoms with Crippen LogP contribution in [0.15, 0.2) is 40.9 Å². The second-order valence-electron chi connectivity index (χ2n) is 5.00. The molecule has 0 saturated heterocycles. The van der Waals surface area contributed by atoms with Gasteiger partial charge in [0, 0.05) is 30.3 Å². The first-order valence-corrected chi connectivity index (χ1v) is 7.28. The van der Waals surface area contributed by atoms with Crippen molar-refractivity contribution in [2.45, 2.75) is 20.0 Å². The van der Waals surface area contributed by atoms with Crippen molar-refractivity contribution in [3.05, 3.63) is 57.6 Å². The van der Waals surface area contributed by atoms with E-state index >= 15 is 0 Å². The Morgan fingerprint density at radius 1 is 1.16 bits per heavy atom. The van der Waals surface area contributed by atoms with Gasteiger partial charge in [0.15, 0.2) is 0 Å². The highest BCUT2D eigenvalue weighted by molar-refractivity contribution is 9.10. The van der Waals surface area contributed by atoms with Crippen LogP contribution in [0.5, 0.6) is 0 Å². The van der Waals surface area contributed by atoms with E-state index < -0.39 is 0 Å². The van der Waals surface area contributed by atoms with Gasteiger partial charge in [-0.2, -0.15) is 0 Å². The van der Waals surface area contributed by atoms with Crippen LogP contribution in [0.1, 0.15) is 16.7 Å². The summed E-state index contributed by atoms with van der Waals surface area (Å²) in [7, 11) is 1.99. The fourth-order valence-corrected chi connectivity index (χ4v) is 3.44. The van der Waals surface area contributed by atoms with Crippen molar-refractivity contribution >= 4 is 27.3 Å². The molecule has 0 spiro atoms. The van der Waals surface area contributed by atoms with Gasteiger partial charge in [-0.25, -0.2) is 0 Å². The third-order valence-corrected chi connectivity index (χ3v) is 4.33. The van der Waals surface area contributed by atoms with E-state index in [2.05, 4.69) is 69.5 Å². The minimum absolute atomic E-state index is 0.966. The molecule has 0 aliphatic carbocycles. The average Bonchev–Trinajstić information content (AvgIpc) is 2.81. The Labute approximate surface area is 122 Å². The Hall–Kier alpha value is -1.48. The fraction of sp³-hybridized carbons (Fsp3) is 0.250. The first kappa shape index (κ1) is 12.5. The van der Waals surface area contributed by atoms with Gasteiger partial charge in [0.25, 0.3) is 0 Å². The van der Waals surface area contributed by atoms with Crippen LogP contribution in [-0.2, 0) is 13.1 Å². The molecule has 0 aromatic heterocycles. The van der Waals surface area contributed by atoms with E-state index in [1.54, 1.807) is 0 Å². The molecule has 2 nitrogen and oxygen atoms in total. The van der Waals surface area contributed by atoms with Crippen molar-refractivity contribution in [3.8, 4) is 0 Å². The second-order valence-corrected chi connectivity index (χ2v) is 5.86. The molecule has 2 aromatic rings. The summed E-state index contributed by atoms with van der Waals surface area (Å²) in [5, 5.41) is 3.28. The summed E-state index contributed by atoms with van der Waals surface area (Å²) in [4.78, 5) is 2.41. The SMILES string of the molecule is CNc1cccc2c1CN(c1ccc(C)cc1Br)C2. The smallest absolute Gasteiger partial charge is 0.0516 e. The molecule has 3 rings (SSSR count). The molecule has 3 heteroatoms. The number of fused-ring (bicyclic) bond motifs is 1. The second kappa shape index (κ2) is 4.89. The van der Waals surface area contributed by atoms with Gasteiger partial charge in [0.05, 0.1) is 5.69 Å². The van der Waals surface area contributed by atoms with Crippen LogP contribution in [0.3, 0.4) is 0 Å². The average molecular weight is 317 g/mol. The Balaban J connectivity index is 1.95. The Bertz CT molecular complexity index is 622. The van der Waals surface area contributed by atoms with E-state index in [4.69, 9.17) is 0 Å². The van der Waals surface area contributed by atoms with Gasteiger partial charge in [-0.3, -0.25) is 0 Å². The lowest BCUT2D eigenvalue weighted by Gasteiger charge is -2.20. The highest BCUT2D eigenvalue weighted by Gasteiger charge is 2.22. The number of nitrogens with zero attached hydrogens (tertiary/aromatic N) is 1. The Morgan fingerprint density at radius 3 is 2.74 bits per heavy atom. The number of benzene rings is 2. The number of halogens is 1. The maximum absolute atomic E-state index is 3.68. The van der Waals surface area contributed by atoms with E-state index in [1.165, 1.54) is 32.5 Å². The summed E-state index contributed by atoms with van der Waals surface area (Å²) >= 11 is 3.68. The van der Waals surface area contributed by atoms with Crippen LogP contribution in [-0.4, -0.2) is 7.05 Å². The molecular weight excluding hydrogens is 300 g/mol. The van der Waals surface area contributed by atoms with Crippen LogP contribution in [0.2, 0.25) is 0 Å². The van der Waals surface area contributed by atoms with Crippen molar-refractivity contribution < 1.29 is 0 Å². The first-order chi connectivity index (χ1) is 9.19. The lowest BCUT2D eigenvalue weighted by Crippen LogP contribution is -2.15. The van der Waals surface area contributed by atoms with Crippen LogP contribution >= 0.6 is 15.9 Å². The summed E-state index contributed by atoms with van der Waals surface area (Å²) < 4.78 is 1.17. The maximum Gasteiger partial charge on any atom is 0.0516 e. The zero-order valence-corrected chi connectivity index (χ0v) is 12.8. The van der Waals surface area contributed by atoms with Crippen molar-refractivity contribution in [1.82, 2.24) is 0 Å². The summed E-state index contributed by atoms with van der Waals surface area (Å²) in [6.07, 6.45) is 0. The largest absolute Gasteiger partial charge is 0.388 e. The van der Waals surface area contributed by atoms with Gasteiger partial charge in [0.2, 0.25) is 0 Å². The van der Waals surface area contributed by atoms with Gasteiger partial charge in [-0.15, -0.1) is 0 Å². The molecule has 0 radical (unpaired) electrons. The summed E-state index contributed by atoms with van der Waals surface area (Å²) in [5.41, 5.74) is 6.62. The quantitative estimate of drug-likeness (QED) is 0.887. The van der Waals surface area contributed by atoms with Crippen molar-refractivity contribution in [3.63, 3.8) is 0 Å².